The van der Waals surface area contributed by atoms with E-state index in [4.69, 9.17) is 9.15 Å². The number of hydrogen-bond donors (Lipinski definition) is 1. The molecule has 0 spiro atoms. The molecule has 4 heteroatoms. The second-order valence-electron chi connectivity index (χ2n) is 9.52. The lowest BCUT2D eigenvalue weighted by atomic mass is 10.1. The first-order valence-corrected chi connectivity index (χ1v) is 12.7. The third-order valence-corrected chi connectivity index (χ3v) is 7.23. The molecule has 1 aliphatic rings. The molecule has 2 heterocycles. The lowest BCUT2D eigenvalue weighted by Gasteiger charge is -2.29. The van der Waals surface area contributed by atoms with E-state index < -0.39 is 0 Å². The molecular weight excluding hydrogens is 468 g/mol. The molecule has 1 N–H and O–H groups in total. The Morgan fingerprint density at radius 1 is 0.500 bits per heavy atom. The number of fused-ring (bicyclic) bond motifs is 6. The molecule has 0 fully saturated rings. The first kappa shape index (κ1) is 20.9. The summed E-state index contributed by atoms with van der Waals surface area (Å²) in [5.74, 6) is 1.61. The number of nitrogens with zero attached hydrogens (tertiary/aromatic N) is 1. The van der Waals surface area contributed by atoms with Crippen LogP contribution in [0.5, 0.6) is 11.5 Å². The van der Waals surface area contributed by atoms with Crippen molar-refractivity contribution < 1.29 is 9.15 Å². The zero-order chi connectivity index (χ0) is 25.1. The second-order valence-corrected chi connectivity index (χ2v) is 9.52. The van der Waals surface area contributed by atoms with Crippen molar-refractivity contribution in [3.8, 4) is 11.5 Å². The summed E-state index contributed by atoms with van der Waals surface area (Å²) in [6.07, 6.45) is 0. The molecule has 1 aliphatic heterocycles. The maximum Gasteiger partial charge on any atom is 0.153 e. The maximum absolute atomic E-state index is 6.33. The molecule has 6 aromatic carbocycles. The van der Waals surface area contributed by atoms with Gasteiger partial charge < -0.3 is 19.4 Å². The van der Waals surface area contributed by atoms with Crippen LogP contribution in [-0.2, 0) is 0 Å². The molecule has 0 bridgehead atoms. The summed E-state index contributed by atoms with van der Waals surface area (Å²) in [6, 6.07) is 43.8. The van der Waals surface area contributed by atoms with Crippen LogP contribution in [0.2, 0.25) is 0 Å². The van der Waals surface area contributed by atoms with Gasteiger partial charge in [-0.3, -0.25) is 0 Å². The summed E-state index contributed by atoms with van der Waals surface area (Å²) < 4.78 is 12.6. The third kappa shape index (κ3) is 3.24. The van der Waals surface area contributed by atoms with Crippen LogP contribution in [-0.4, -0.2) is 0 Å². The molecule has 8 rings (SSSR count). The Hall–Kier alpha value is -5.22. The van der Waals surface area contributed by atoms with Gasteiger partial charge in [-0.2, -0.15) is 0 Å². The van der Waals surface area contributed by atoms with Gasteiger partial charge in [0.05, 0.1) is 22.7 Å². The number of furan rings is 1. The highest BCUT2D eigenvalue weighted by atomic mass is 16.5. The standard InChI is InChI=1S/C34H22N2O2/c1-2-10-25-22(8-1)9-7-13-30(25)36(23-16-18-27-26-11-3-5-14-31(26)37-33(27)20-23)24-17-19-29-34(21-24)38-32-15-6-4-12-28(32)35-29/h1-21,35H. The number of hydrogen-bond acceptors (Lipinski definition) is 4. The number of rotatable bonds is 3. The van der Waals surface area contributed by atoms with Gasteiger partial charge in [0.15, 0.2) is 11.5 Å². The van der Waals surface area contributed by atoms with Crippen LogP contribution in [0, 0.1) is 0 Å². The highest BCUT2D eigenvalue weighted by Gasteiger charge is 2.21. The fourth-order valence-electron chi connectivity index (χ4n) is 5.44. The Kier molecular flexibility index (Phi) is 4.49. The maximum atomic E-state index is 6.33. The van der Waals surface area contributed by atoms with E-state index in [1.165, 1.54) is 10.8 Å². The molecule has 0 unspecified atom stereocenters. The highest BCUT2D eigenvalue weighted by Crippen LogP contribution is 2.47. The Morgan fingerprint density at radius 3 is 2.18 bits per heavy atom. The largest absolute Gasteiger partial charge is 0.456 e. The lowest BCUT2D eigenvalue weighted by Crippen LogP contribution is -2.11. The minimum absolute atomic E-state index is 0.788. The van der Waals surface area contributed by atoms with Crippen LogP contribution in [0.25, 0.3) is 32.7 Å². The topological polar surface area (TPSA) is 37.6 Å². The van der Waals surface area contributed by atoms with Gasteiger partial charge in [0, 0.05) is 34.0 Å². The van der Waals surface area contributed by atoms with Gasteiger partial charge in [0.1, 0.15) is 11.2 Å². The zero-order valence-corrected chi connectivity index (χ0v) is 20.4. The molecule has 0 saturated heterocycles. The van der Waals surface area contributed by atoms with Crippen molar-refractivity contribution in [3.63, 3.8) is 0 Å². The fourth-order valence-corrected chi connectivity index (χ4v) is 5.44. The van der Waals surface area contributed by atoms with Crippen molar-refractivity contribution in [2.45, 2.75) is 0 Å². The summed E-state index contributed by atoms with van der Waals surface area (Å²) in [5, 5.41) is 8.08. The predicted octanol–water partition coefficient (Wildman–Crippen LogP) is 10.1. The molecular formula is C34H22N2O2. The monoisotopic (exact) mass is 490 g/mol. The van der Waals surface area contributed by atoms with E-state index in [1.54, 1.807) is 0 Å². The first-order valence-electron chi connectivity index (χ1n) is 12.7. The summed E-state index contributed by atoms with van der Waals surface area (Å²) >= 11 is 0. The zero-order valence-electron chi connectivity index (χ0n) is 20.4. The van der Waals surface area contributed by atoms with Gasteiger partial charge in [-0.15, -0.1) is 0 Å². The molecule has 180 valence electrons. The average Bonchev–Trinajstić information content (AvgIpc) is 3.34. The van der Waals surface area contributed by atoms with E-state index in [0.717, 1.165) is 61.9 Å². The van der Waals surface area contributed by atoms with Crippen LogP contribution in [0.4, 0.5) is 28.4 Å². The fraction of sp³-hybridized carbons (Fsp3) is 0. The van der Waals surface area contributed by atoms with E-state index in [0.29, 0.717) is 0 Å². The highest BCUT2D eigenvalue weighted by molar-refractivity contribution is 6.07. The predicted molar refractivity (Wildman–Crippen MR) is 156 cm³/mol. The van der Waals surface area contributed by atoms with Crippen LogP contribution in [0.15, 0.2) is 132 Å². The van der Waals surface area contributed by atoms with Gasteiger partial charge in [0.25, 0.3) is 0 Å². The van der Waals surface area contributed by atoms with Crippen LogP contribution in [0.3, 0.4) is 0 Å². The Balaban J connectivity index is 1.34. The van der Waals surface area contributed by atoms with Gasteiger partial charge in [0.2, 0.25) is 0 Å². The molecule has 0 aliphatic carbocycles. The third-order valence-electron chi connectivity index (χ3n) is 7.23. The van der Waals surface area contributed by atoms with Crippen molar-refractivity contribution in [2.75, 3.05) is 10.2 Å². The van der Waals surface area contributed by atoms with Crippen molar-refractivity contribution in [1.82, 2.24) is 0 Å². The van der Waals surface area contributed by atoms with Gasteiger partial charge in [-0.05, 0) is 53.9 Å². The SMILES string of the molecule is c1ccc2c(c1)Nc1ccc(N(c3ccc4c(c3)oc3ccccc34)c3cccc4ccccc34)cc1O2. The minimum atomic E-state index is 0.788. The van der Waals surface area contributed by atoms with Crippen LogP contribution in [0.1, 0.15) is 0 Å². The molecule has 0 radical (unpaired) electrons. The molecule has 0 saturated carbocycles. The number of ether oxygens (including phenoxy) is 1. The van der Waals surface area contributed by atoms with Gasteiger partial charge in [-0.1, -0.05) is 66.7 Å². The lowest BCUT2D eigenvalue weighted by molar-refractivity contribution is 0.481. The number of benzene rings is 6. The smallest absolute Gasteiger partial charge is 0.153 e. The van der Waals surface area contributed by atoms with Crippen molar-refractivity contribution in [3.05, 3.63) is 127 Å². The first-order chi connectivity index (χ1) is 18.8. The molecule has 0 amide bonds. The quantitative estimate of drug-likeness (QED) is 0.267. The van der Waals surface area contributed by atoms with Gasteiger partial charge >= 0.3 is 0 Å². The van der Waals surface area contributed by atoms with E-state index in [1.807, 2.05) is 42.5 Å². The molecule has 4 nitrogen and oxygen atoms in total. The summed E-state index contributed by atoms with van der Waals surface area (Å²) in [7, 11) is 0. The van der Waals surface area contributed by atoms with E-state index in [2.05, 4.69) is 95.1 Å². The summed E-state index contributed by atoms with van der Waals surface area (Å²) in [6.45, 7) is 0. The number of nitrogens with one attached hydrogen (secondary N) is 1. The molecule has 0 atom stereocenters. The Bertz CT molecular complexity index is 2000. The van der Waals surface area contributed by atoms with Crippen LogP contribution >= 0.6 is 0 Å². The molecule has 1 aromatic heterocycles. The summed E-state index contributed by atoms with van der Waals surface area (Å²) in [5.41, 5.74) is 6.76. The normalized spacial score (nSPS) is 12.1. The van der Waals surface area contributed by atoms with Crippen LogP contribution < -0.4 is 15.0 Å². The van der Waals surface area contributed by atoms with Crippen molar-refractivity contribution >= 4 is 61.1 Å². The van der Waals surface area contributed by atoms with E-state index in [-0.39, 0.29) is 0 Å². The second kappa shape index (κ2) is 8.15. The molecule has 7 aromatic rings. The summed E-state index contributed by atoms with van der Waals surface area (Å²) in [4.78, 5) is 2.28. The van der Waals surface area contributed by atoms with Crippen molar-refractivity contribution in [2.24, 2.45) is 0 Å². The Morgan fingerprint density at radius 2 is 1.21 bits per heavy atom. The number of para-hydroxylation sites is 3. The van der Waals surface area contributed by atoms with E-state index in [9.17, 15) is 0 Å². The molecule has 38 heavy (non-hydrogen) atoms. The van der Waals surface area contributed by atoms with Gasteiger partial charge in [-0.25, -0.2) is 0 Å². The minimum Gasteiger partial charge on any atom is -0.456 e. The van der Waals surface area contributed by atoms with Crippen molar-refractivity contribution in [1.29, 1.82) is 0 Å². The van der Waals surface area contributed by atoms with E-state index >= 15 is 0 Å². The Labute approximate surface area is 219 Å². The number of anilines is 5. The average molecular weight is 491 g/mol.